The van der Waals surface area contributed by atoms with E-state index in [1.807, 2.05) is 0 Å². The number of ether oxygens (including phenoxy) is 3. The topological polar surface area (TPSA) is 78.9 Å². The van der Waals surface area contributed by atoms with Crippen LogP contribution < -0.4 is 0 Å². The monoisotopic (exact) mass is 835 g/mol. The van der Waals surface area contributed by atoms with Crippen molar-refractivity contribution in [1.82, 2.24) is 0 Å². The largest absolute Gasteiger partial charge is 0.462 e. The second-order valence-corrected chi connectivity index (χ2v) is 18.6. The summed E-state index contributed by atoms with van der Waals surface area (Å²) in [6.07, 6.45) is 49.4. The summed E-state index contributed by atoms with van der Waals surface area (Å²) in [7, 11) is 0. The van der Waals surface area contributed by atoms with E-state index < -0.39 is 6.10 Å². The predicted octanol–water partition coefficient (Wildman–Crippen LogP) is 17.1. The molecule has 0 aromatic rings. The van der Waals surface area contributed by atoms with Gasteiger partial charge in [-0.2, -0.15) is 0 Å². The van der Waals surface area contributed by atoms with Gasteiger partial charge in [0, 0.05) is 19.3 Å². The lowest BCUT2D eigenvalue weighted by atomic mass is 10.0. The molecule has 0 spiro atoms. The van der Waals surface area contributed by atoms with Crippen molar-refractivity contribution in [3.05, 3.63) is 0 Å². The second kappa shape index (κ2) is 47.5. The Balaban J connectivity index is 4.29. The first-order valence-electron chi connectivity index (χ1n) is 26.4. The number of rotatable bonds is 48. The fourth-order valence-electron chi connectivity index (χ4n) is 8.04. The highest BCUT2D eigenvalue weighted by molar-refractivity contribution is 5.71. The van der Waals surface area contributed by atoms with Crippen molar-refractivity contribution in [3.63, 3.8) is 0 Å². The molecule has 0 aromatic carbocycles. The van der Waals surface area contributed by atoms with Gasteiger partial charge in [0.15, 0.2) is 6.10 Å². The molecule has 0 N–H and O–H groups in total. The summed E-state index contributed by atoms with van der Waals surface area (Å²) >= 11 is 0. The Morgan fingerprint density at radius 3 is 0.831 bits per heavy atom. The van der Waals surface area contributed by atoms with Crippen molar-refractivity contribution < 1.29 is 28.6 Å². The van der Waals surface area contributed by atoms with Crippen LogP contribution in [0.15, 0.2) is 0 Å². The highest BCUT2D eigenvalue weighted by atomic mass is 16.6. The van der Waals surface area contributed by atoms with Crippen LogP contribution in [-0.4, -0.2) is 37.2 Å². The van der Waals surface area contributed by atoms with Crippen LogP contribution in [0, 0.1) is 5.92 Å². The molecule has 0 rings (SSSR count). The molecule has 0 bridgehead atoms. The van der Waals surface area contributed by atoms with E-state index in [4.69, 9.17) is 14.2 Å². The molecule has 6 heteroatoms. The molecule has 0 aromatic heterocycles. The first kappa shape index (κ1) is 57.4. The molecule has 0 saturated heterocycles. The number of hydrogen-bond acceptors (Lipinski definition) is 6. The summed E-state index contributed by atoms with van der Waals surface area (Å²) in [5.41, 5.74) is 0. The van der Waals surface area contributed by atoms with E-state index in [1.165, 1.54) is 193 Å². The average Bonchev–Trinajstić information content (AvgIpc) is 3.22. The highest BCUT2D eigenvalue weighted by Gasteiger charge is 2.19. The zero-order valence-electron chi connectivity index (χ0n) is 40.2. The van der Waals surface area contributed by atoms with Crippen molar-refractivity contribution in [1.29, 1.82) is 0 Å². The molecule has 0 saturated carbocycles. The smallest absolute Gasteiger partial charge is 0.306 e. The molecule has 6 nitrogen and oxygen atoms in total. The summed E-state index contributed by atoms with van der Waals surface area (Å²) in [5, 5.41) is 0. The number of unbranched alkanes of at least 4 members (excludes halogenated alkanes) is 35. The van der Waals surface area contributed by atoms with Crippen LogP contribution in [0.4, 0.5) is 0 Å². The van der Waals surface area contributed by atoms with E-state index in [2.05, 4.69) is 27.7 Å². The van der Waals surface area contributed by atoms with Crippen LogP contribution in [0.1, 0.15) is 297 Å². The van der Waals surface area contributed by atoms with Crippen LogP contribution in [0.2, 0.25) is 0 Å². The molecule has 0 fully saturated rings. The third-order valence-corrected chi connectivity index (χ3v) is 12.0. The molecule has 0 amide bonds. The summed E-state index contributed by atoms with van der Waals surface area (Å²) < 4.78 is 16.8. The quantitative estimate of drug-likeness (QED) is 0.0345. The maximum Gasteiger partial charge on any atom is 0.306 e. The molecule has 0 radical (unpaired) electrons. The van der Waals surface area contributed by atoms with Crippen LogP contribution in [0.25, 0.3) is 0 Å². The predicted molar refractivity (Wildman–Crippen MR) is 252 cm³/mol. The van der Waals surface area contributed by atoms with Gasteiger partial charge in [0.05, 0.1) is 0 Å². The molecule has 0 unspecified atom stereocenters. The van der Waals surface area contributed by atoms with Gasteiger partial charge in [0.2, 0.25) is 0 Å². The zero-order valence-corrected chi connectivity index (χ0v) is 40.2. The molecule has 1 atom stereocenters. The summed E-state index contributed by atoms with van der Waals surface area (Å²) in [5.74, 6) is -0.0356. The number of carbonyl (C=O) groups excluding carboxylic acids is 3. The van der Waals surface area contributed by atoms with Crippen LogP contribution in [-0.2, 0) is 28.6 Å². The lowest BCUT2D eigenvalue weighted by Gasteiger charge is -2.18. The minimum atomic E-state index is -0.760. The van der Waals surface area contributed by atoms with E-state index in [0.29, 0.717) is 19.3 Å². The first-order valence-corrected chi connectivity index (χ1v) is 26.4. The Labute approximate surface area is 368 Å². The maximum absolute atomic E-state index is 12.8. The Bertz CT molecular complexity index is 887. The molecule has 0 aliphatic rings. The zero-order chi connectivity index (χ0) is 43.1. The lowest BCUT2D eigenvalue weighted by molar-refractivity contribution is -0.167. The van der Waals surface area contributed by atoms with Crippen molar-refractivity contribution >= 4 is 17.9 Å². The van der Waals surface area contributed by atoms with E-state index in [1.54, 1.807) is 0 Å². The lowest BCUT2D eigenvalue weighted by Crippen LogP contribution is -2.30. The summed E-state index contributed by atoms with van der Waals surface area (Å²) in [6, 6.07) is 0. The average molecular weight is 835 g/mol. The van der Waals surface area contributed by atoms with E-state index in [0.717, 1.165) is 63.7 Å². The summed E-state index contributed by atoms with van der Waals surface area (Å²) in [4.78, 5) is 37.9. The standard InChI is InChI=1S/C53H102O6/c1-5-7-9-11-13-15-17-19-20-21-22-23-25-29-34-38-42-46-53(56)59-50(47-57-51(54)44-40-36-32-28-24-18-16-14-12-10-8-6-2)48-58-52(55)45-41-37-33-30-26-27-31-35-39-43-49(3)4/h49-50H,5-48H2,1-4H3/t50-/m1/s1. The Kier molecular flexibility index (Phi) is 46.2. The fourth-order valence-corrected chi connectivity index (χ4v) is 8.04. The third kappa shape index (κ3) is 47.3. The summed E-state index contributed by atoms with van der Waals surface area (Å²) in [6.45, 7) is 9.01. The number of esters is 3. The minimum Gasteiger partial charge on any atom is -0.462 e. The third-order valence-electron chi connectivity index (χ3n) is 12.0. The number of carbonyl (C=O) groups is 3. The van der Waals surface area contributed by atoms with Crippen molar-refractivity contribution in [2.45, 2.75) is 303 Å². The second-order valence-electron chi connectivity index (χ2n) is 18.6. The van der Waals surface area contributed by atoms with Crippen molar-refractivity contribution in [3.8, 4) is 0 Å². The molecule has 0 heterocycles. The van der Waals surface area contributed by atoms with Gasteiger partial charge in [0.1, 0.15) is 13.2 Å². The van der Waals surface area contributed by atoms with Crippen molar-refractivity contribution in [2.24, 2.45) is 5.92 Å². The Morgan fingerprint density at radius 2 is 0.559 bits per heavy atom. The van der Waals surface area contributed by atoms with Gasteiger partial charge in [0.25, 0.3) is 0 Å². The SMILES string of the molecule is CCCCCCCCCCCCCCCCCCCC(=O)O[C@H](COC(=O)CCCCCCCCCCCCCC)COC(=O)CCCCCCCCCCCC(C)C. The van der Waals surface area contributed by atoms with Gasteiger partial charge in [-0.25, -0.2) is 0 Å². The normalized spacial score (nSPS) is 11.9. The first-order chi connectivity index (χ1) is 28.9. The van der Waals surface area contributed by atoms with Crippen LogP contribution in [0.3, 0.4) is 0 Å². The molecule has 0 aliphatic carbocycles. The van der Waals surface area contributed by atoms with Gasteiger partial charge in [-0.15, -0.1) is 0 Å². The molecule has 0 aliphatic heterocycles. The van der Waals surface area contributed by atoms with Crippen LogP contribution in [0.5, 0.6) is 0 Å². The van der Waals surface area contributed by atoms with E-state index in [9.17, 15) is 14.4 Å². The van der Waals surface area contributed by atoms with Gasteiger partial charge >= 0.3 is 17.9 Å². The molecular formula is C53H102O6. The minimum absolute atomic E-state index is 0.0629. The Morgan fingerprint density at radius 1 is 0.322 bits per heavy atom. The van der Waals surface area contributed by atoms with Gasteiger partial charge in [-0.1, -0.05) is 259 Å². The van der Waals surface area contributed by atoms with E-state index in [-0.39, 0.29) is 31.1 Å². The molecular weight excluding hydrogens is 733 g/mol. The Hall–Kier alpha value is -1.59. The van der Waals surface area contributed by atoms with Crippen LogP contribution >= 0.6 is 0 Å². The molecule has 59 heavy (non-hydrogen) atoms. The molecule has 350 valence electrons. The fraction of sp³-hybridized carbons (Fsp3) is 0.943. The van der Waals surface area contributed by atoms with Gasteiger partial charge < -0.3 is 14.2 Å². The van der Waals surface area contributed by atoms with Gasteiger partial charge in [-0.3, -0.25) is 14.4 Å². The van der Waals surface area contributed by atoms with Crippen molar-refractivity contribution in [2.75, 3.05) is 13.2 Å². The van der Waals surface area contributed by atoms with Gasteiger partial charge in [-0.05, 0) is 25.2 Å². The maximum atomic E-state index is 12.8. The number of hydrogen-bond donors (Lipinski definition) is 0. The van der Waals surface area contributed by atoms with E-state index >= 15 is 0 Å². The highest BCUT2D eigenvalue weighted by Crippen LogP contribution is 2.17.